The number of nitrogens with one attached hydrogen (secondary N) is 2. The number of piperidine rings is 1. The van der Waals surface area contributed by atoms with Gasteiger partial charge in [0.25, 0.3) is 0 Å². The third-order valence-corrected chi connectivity index (χ3v) is 4.49. The summed E-state index contributed by atoms with van der Waals surface area (Å²) >= 11 is 0. The number of hydrogen-bond acceptors (Lipinski definition) is 5. The lowest BCUT2D eigenvalue weighted by Crippen LogP contribution is -2.49. The molecule has 0 saturated carbocycles. The third-order valence-electron chi connectivity index (χ3n) is 4.49. The second-order valence-corrected chi connectivity index (χ2v) is 6.39. The number of halogens is 2. The molecule has 10 heteroatoms. The molecule has 1 saturated heterocycles. The molecular formula is C19H28F2N4O4. The number of likely N-dealkylation sites (tertiary alicyclic amines) is 1. The molecule has 1 aliphatic rings. The van der Waals surface area contributed by atoms with Gasteiger partial charge in [0, 0.05) is 32.7 Å². The number of methoxy groups -OCH3 is 1. The number of carbonyl (C=O) groups is 1. The molecule has 1 amide bonds. The average molecular weight is 414 g/mol. The Bertz CT molecular complexity index is 695. The molecule has 0 aromatic heterocycles. The van der Waals surface area contributed by atoms with Gasteiger partial charge in [0.1, 0.15) is 0 Å². The zero-order chi connectivity index (χ0) is 21.2. The van der Waals surface area contributed by atoms with E-state index in [0.29, 0.717) is 32.2 Å². The first-order valence-corrected chi connectivity index (χ1v) is 9.47. The van der Waals surface area contributed by atoms with Crippen molar-refractivity contribution in [2.24, 2.45) is 4.99 Å². The first kappa shape index (κ1) is 22.5. The summed E-state index contributed by atoms with van der Waals surface area (Å²) in [5, 5.41) is 6.48. The Morgan fingerprint density at radius 2 is 2.03 bits per heavy atom. The van der Waals surface area contributed by atoms with Crippen LogP contribution < -0.4 is 20.1 Å². The Hall–Kier alpha value is -2.78. The van der Waals surface area contributed by atoms with E-state index in [9.17, 15) is 13.6 Å². The molecule has 0 unspecified atom stereocenters. The van der Waals surface area contributed by atoms with Gasteiger partial charge < -0.3 is 29.7 Å². The molecule has 1 heterocycles. The summed E-state index contributed by atoms with van der Waals surface area (Å²) in [6.45, 7) is 0.809. The van der Waals surface area contributed by atoms with Gasteiger partial charge in [-0.1, -0.05) is 6.07 Å². The van der Waals surface area contributed by atoms with Crippen LogP contribution in [0, 0.1) is 0 Å². The maximum Gasteiger partial charge on any atom is 0.409 e. The first-order valence-electron chi connectivity index (χ1n) is 9.47. The number of aliphatic imine (C=N–C) groups is 1. The van der Waals surface area contributed by atoms with Crippen molar-refractivity contribution in [3.63, 3.8) is 0 Å². The highest BCUT2D eigenvalue weighted by Gasteiger charge is 2.24. The van der Waals surface area contributed by atoms with Crippen LogP contribution in [0.4, 0.5) is 13.6 Å². The van der Waals surface area contributed by atoms with Crippen LogP contribution in [-0.4, -0.2) is 63.5 Å². The summed E-state index contributed by atoms with van der Waals surface area (Å²) in [4.78, 5) is 17.7. The Balaban J connectivity index is 1.86. The van der Waals surface area contributed by atoms with E-state index in [-0.39, 0.29) is 23.6 Å². The molecule has 0 radical (unpaired) electrons. The van der Waals surface area contributed by atoms with Gasteiger partial charge in [0.2, 0.25) is 0 Å². The molecule has 8 nitrogen and oxygen atoms in total. The quantitative estimate of drug-likeness (QED) is 0.527. The van der Waals surface area contributed by atoms with E-state index >= 15 is 0 Å². The van der Waals surface area contributed by atoms with Crippen molar-refractivity contribution in [2.45, 2.75) is 39.0 Å². The van der Waals surface area contributed by atoms with E-state index in [1.54, 1.807) is 31.0 Å². The van der Waals surface area contributed by atoms with E-state index in [1.807, 2.05) is 0 Å². The number of hydrogen-bond donors (Lipinski definition) is 2. The Kier molecular flexibility index (Phi) is 8.75. The lowest BCUT2D eigenvalue weighted by atomic mass is 10.1. The summed E-state index contributed by atoms with van der Waals surface area (Å²) in [7, 11) is 3.05. The number of benzene rings is 1. The average Bonchev–Trinajstić information content (AvgIpc) is 2.71. The topological polar surface area (TPSA) is 84.4 Å². The minimum Gasteiger partial charge on any atom is -0.493 e. The molecule has 1 aromatic rings. The van der Waals surface area contributed by atoms with Crippen LogP contribution in [0.15, 0.2) is 23.2 Å². The van der Waals surface area contributed by atoms with Gasteiger partial charge in [-0.3, -0.25) is 4.99 Å². The van der Waals surface area contributed by atoms with E-state index in [4.69, 9.17) is 9.47 Å². The number of carbonyl (C=O) groups excluding carboxylic acids is 1. The number of nitrogens with zero attached hydrogens (tertiary/aromatic N) is 2. The second kappa shape index (κ2) is 11.3. The maximum absolute atomic E-state index is 12.6. The summed E-state index contributed by atoms with van der Waals surface area (Å²) in [5.41, 5.74) is 0.738. The molecule has 0 aliphatic carbocycles. The second-order valence-electron chi connectivity index (χ2n) is 6.39. The van der Waals surface area contributed by atoms with Crippen LogP contribution in [0.1, 0.15) is 25.3 Å². The van der Waals surface area contributed by atoms with Crippen molar-refractivity contribution in [1.82, 2.24) is 15.5 Å². The lowest BCUT2D eigenvalue weighted by molar-refractivity contribution is -0.0512. The first-order chi connectivity index (χ1) is 14.0. The molecule has 0 bridgehead atoms. The minimum absolute atomic E-state index is 0.0175. The predicted octanol–water partition coefficient (Wildman–Crippen LogP) is 2.58. The molecule has 0 spiro atoms. The fourth-order valence-corrected chi connectivity index (χ4v) is 3.01. The van der Waals surface area contributed by atoms with Gasteiger partial charge in [-0.25, -0.2) is 4.79 Å². The van der Waals surface area contributed by atoms with Gasteiger partial charge in [-0.2, -0.15) is 8.78 Å². The normalized spacial score (nSPS) is 15.2. The number of guanidine groups is 1. The molecule has 1 aromatic carbocycles. The van der Waals surface area contributed by atoms with Crippen LogP contribution in [0.25, 0.3) is 0 Å². The number of amides is 1. The van der Waals surface area contributed by atoms with E-state index in [0.717, 1.165) is 18.4 Å². The smallest absolute Gasteiger partial charge is 0.409 e. The molecule has 0 atom stereocenters. The van der Waals surface area contributed by atoms with Crippen LogP contribution in [-0.2, 0) is 11.3 Å². The van der Waals surface area contributed by atoms with E-state index < -0.39 is 6.61 Å². The summed E-state index contributed by atoms with van der Waals surface area (Å²) in [6, 6.07) is 5.01. The molecule has 2 N–H and O–H groups in total. The molecule has 2 rings (SSSR count). The van der Waals surface area contributed by atoms with Gasteiger partial charge >= 0.3 is 12.7 Å². The van der Waals surface area contributed by atoms with Crippen molar-refractivity contribution in [2.75, 3.05) is 33.9 Å². The summed E-state index contributed by atoms with van der Waals surface area (Å²) in [6.07, 6.45) is 1.26. The number of rotatable bonds is 7. The van der Waals surface area contributed by atoms with Gasteiger partial charge in [-0.15, -0.1) is 0 Å². The summed E-state index contributed by atoms with van der Waals surface area (Å²) < 4.78 is 39.7. The van der Waals surface area contributed by atoms with Crippen LogP contribution in [0.5, 0.6) is 11.5 Å². The molecule has 1 aliphatic heterocycles. The zero-order valence-corrected chi connectivity index (χ0v) is 16.9. The van der Waals surface area contributed by atoms with Crippen molar-refractivity contribution in [3.05, 3.63) is 23.8 Å². The molecule has 29 heavy (non-hydrogen) atoms. The molecule has 162 valence electrons. The molecule has 1 fully saturated rings. The van der Waals surface area contributed by atoms with E-state index in [2.05, 4.69) is 20.4 Å². The SMILES string of the molecule is CCOC(=O)N1CCC(NC(=NC)NCc2ccc(OC)c(OC(F)F)c2)CC1. The van der Waals surface area contributed by atoms with Crippen molar-refractivity contribution < 1.29 is 27.8 Å². The van der Waals surface area contributed by atoms with Crippen molar-refractivity contribution in [1.29, 1.82) is 0 Å². The summed E-state index contributed by atoms with van der Waals surface area (Å²) in [5.74, 6) is 0.813. The fraction of sp³-hybridized carbons (Fsp3) is 0.579. The van der Waals surface area contributed by atoms with Crippen LogP contribution in [0.3, 0.4) is 0 Å². The van der Waals surface area contributed by atoms with Gasteiger partial charge in [-0.05, 0) is 37.5 Å². The predicted molar refractivity (Wildman–Crippen MR) is 105 cm³/mol. The Morgan fingerprint density at radius 1 is 1.31 bits per heavy atom. The van der Waals surface area contributed by atoms with Crippen molar-refractivity contribution >= 4 is 12.1 Å². The fourth-order valence-electron chi connectivity index (χ4n) is 3.01. The van der Waals surface area contributed by atoms with Gasteiger partial charge in [0.15, 0.2) is 17.5 Å². The van der Waals surface area contributed by atoms with E-state index in [1.165, 1.54) is 13.2 Å². The highest BCUT2D eigenvalue weighted by Crippen LogP contribution is 2.29. The zero-order valence-electron chi connectivity index (χ0n) is 16.9. The van der Waals surface area contributed by atoms with Crippen molar-refractivity contribution in [3.8, 4) is 11.5 Å². The third kappa shape index (κ3) is 6.95. The highest BCUT2D eigenvalue weighted by molar-refractivity contribution is 5.80. The number of ether oxygens (including phenoxy) is 3. The monoisotopic (exact) mass is 414 g/mol. The lowest BCUT2D eigenvalue weighted by Gasteiger charge is -2.32. The Labute approximate surface area is 169 Å². The Morgan fingerprint density at radius 3 is 2.62 bits per heavy atom. The standard InChI is InChI=1S/C19H28F2N4O4/c1-4-28-19(26)25-9-7-14(8-10-25)24-18(22-2)23-12-13-5-6-15(27-3)16(11-13)29-17(20)21/h5-6,11,14,17H,4,7-10,12H2,1-3H3,(H2,22,23,24). The highest BCUT2D eigenvalue weighted by atomic mass is 19.3. The largest absolute Gasteiger partial charge is 0.493 e. The maximum atomic E-state index is 12.6. The minimum atomic E-state index is -2.93. The van der Waals surface area contributed by atoms with Gasteiger partial charge in [0.05, 0.1) is 13.7 Å². The van der Waals surface area contributed by atoms with Crippen LogP contribution >= 0.6 is 0 Å². The number of alkyl halides is 2. The molecular weight excluding hydrogens is 386 g/mol. The van der Waals surface area contributed by atoms with Crippen LogP contribution in [0.2, 0.25) is 0 Å².